The average Bonchev–Trinajstić information content (AvgIpc) is 3.00. The van der Waals surface area contributed by atoms with Gasteiger partial charge in [0.05, 0.1) is 24.9 Å². The minimum Gasteiger partial charge on any atom is -0.495 e. The van der Waals surface area contributed by atoms with Gasteiger partial charge in [-0.25, -0.2) is 0 Å². The van der Waals surface area contributed by atoms with Crippen LogP contribution in [0.25, 0.3) is 5.57 Å². The van der Waals surface area contributed by atoms with Crippen LogP contribution >= 0.6 is 23.2 Å². The van der Waals surface area contributed by atoms with E-state index in [0.717, 1.165) is 0 Å². The Morgan fingerprint density at radius 3 is 2.26 bits per heavy atom. The molecule has 0 radical (unpaired) electrons. The molecule has 1 heterocycles. The van der Waals surface area contributed by atoms with E-state index in [1.807, 2.05) is 18.2 Å². The van der Waals surface area contributed by atoms with E-state index in [2.05, 4.69) is 5.32 Å². The first-order valence-electron chi connectivity index (χ1n) is 9.49. The molecule has 3 aromatic carbocycles. The van der Waals surface area contributed by atoms with Gasteiger partial charge in [-0.05, 0) is 41.5 Å². The molecule has 0 bridgehead atoms. The maximum Gasteiger partial charge on any atom is 0.278 e. The predicted octanol–water partition coefficient (Wildman–Crippen LogP) is 5.39. The van der Waals surface area contributed by atoms with Gasteiger partial charge in [-0.1, -0.05) is 65.7 Å². The Morgan fingerprint density at radius 2 is 1.55 bits per heavy atom. The van der Waals surface area contributed by atoms with Gasteiger partial charge in [0.2, 0.25) is 0 Å². The number of para-hydroxylation sites is 2. The number of anilines is 1. The van der Waals surface area contributed by atoms with Gasteiger partial charge in [-0.2, -0.15) is 0 Å². The molecule has 1 aliphatic rings. The number of amides is 2. The van der Waals surface area contributed by atoms with E-state index >= 15 is 0 Å². The van der Waals surface area contributed by atoms with Gasteiger partial charge in [0.1, 0.15) is 11.4 Å². The summed E-state index contributed by atoms with van der Waals surface area (Å²) in [5.41, 5.74) is 2.28. The summed E-state index contributed by atoms with van der Waals surface area (Å²) in [5.74, 6) is -0.305. The highest BCUT2D eigenvalue weighted by molar-refractivity contribution is 6.37. The van der Waals surface area contributed by atoms with Crippen LogP contribution in [0.5, 0.6) is 5.75 Å². The van der Waals surface area contributed by atoms with Crippen LogP contribution in [0.3, 0.4) is 0 Å². The summed E-state index contributed by atoms with van der Waals surface area (Å²) in [5, 5.41) is 4.13. The van der Waals surface area contributed by atoms with E-state index in [0.29, 0.717) is 32.6 Å². The van der Waals surface area contributed by atoms with E-state index in [-0.39, 0.29) is 17.8 Å². The van der Waals surface area contributed by atoms with Crippen LogP contribution in [0.4, 0.5) is 5.69 Å². The van der Waals surface area contributed by atoms with Crippen LogP contribution in [0, 0.1) is 0 Å². The zero-order valence-corrected chi connectivity index (χ0v) is 18.1. The number of rotatable bonds is 6. The molecule has 2 amide bonds. The zero-order chi connectivity index (χ0) is 22.0. The molecule has 156 valence electrons. The van der Waals surface area contributed by atoms with Gasteiger partial charge in [-0.3, -0.25) is 14.5 Å². The van der Waals surface area contributed by atoms with E-state index in [9.17, 15) is 9.59 Å². The minimum atomic E-state index is -0.444. The van der Waals surface area contributed by atoms with Gasteiger partial charge in [-0.15, -0.1) is 0 Å². The van der Waals surface area contributed by atoms with Crippen molar-refractivity contribution in [3.05, 3.63) is 99.7 Å². The Kier molecular flexibility index (Phi) is 5.98. The molecule has 0 spiro atoms. The number of nitrogens with zero attached hydrogens (tertiary/aromatic N) is 1. The third-order valence-electron chi connectivity index (χ3n) is 4.95. The van der Waals surface area contributed by atoms with Crippen LogP contribution in [0.2, 0.25) is 10.0 Å². The van der Waals surface area contributed by atoms with Crippen molar-refractivity contribution < 1.29 is 14.3 Å². The Bertz CT molecular complexity index is 1190. The zero-order valence-electron chi connectivity index (χ0n) is 16.6. The van der Waals surface area contributed by atoms with E-state index in [4.69, 9.17) is 27.9 Å². The Labute approximate surface area is 189 Å². The lowest BCUT2D eigenvalue weighted by Gasteiger charge is -2.16. The fourth-order valence-corrected chi connectivity index (χ4v) is 3.72. The first-order chi connectivity index (χ1) is 15.0. The van der Waals surface area contributed by atoms with Crippen molar-refractivity contribution in [2.24, 2.45) is 0 Å². The molecule has 3 aromatic rings. The lowest BCUT2D eigenvalue weighted by atomic mass is 10.0. The quantitative estimate of drug-likeness (QED) is 0.509. The van der Waals surface area contributed by atoms with Crippen molar-refractivity contribution in [3.63, 3.8) is 0 Å². The summed E-state index contributed by atoms with van der Waals surface area (Å²) in [6.07, 6.45) is 0. The number of benzene rings is 3. The number of nitrogens with one attached hydrogen (secondary N) is 1. The SMILES string of the molecule is COc1ccccc1NC1=C(c2ccc(Cl)cc2)C(=O)N(Cc2ccccc2Cl)C1=O. The summed E-state index contributed by atoms with van der Waals surface area (Å²) in [6.45, 7) is 0.0610. The number of methoxy groups -OCH3 is 1. The number of hydrogen-bond donors (Lipinski definition) is 1. The first kappa shape index (κ1) is 21.0. The number of imide groups is 1. The summed E-state index contributed by atoms with van der Waals surface area (Å²) in [4.78, 5) is 27.9. The van der Waals surface area contributed by atoms with Crippen LogP contribution < -0.4 is 10.1 Å². The van der Waals surface area contributed by atoms with Crippen molar-refractivity contribution in [2.45, 2.75) is 6.54 Å². The Hall–Kier alpha value is -3.28. The molecule has 4 rings (SSSR count). The molecule has 0 aromatic heterocycles. The molecule has 1 N–H and O–H groups in total. The third kappa shape index (κ3) is 4.15. The van der Waals surface area contributed by atoms with Crippen molar-refractivity contribution in [3.8, 4) is 5.75 Å². The Balaban J connectivity index is 1.77. The van der Waals surface area contributed by atoms with Gasteiger partial charge >= 0.3 is 0 Å². The van der Waals surface area contributed by atoms with Crippen molar-refractivity contribution in [1.29, 1.82) is 0 Å². The molecule has 1 aliphatic heterocycles. The average molecular weight is 453 g/mol. The predicted molar refractivity (Wildman–Crippen MR) is 122 cm³/mol. The molecule has 0 atom stereocenters. The number of carbonyl (C=O) groups is 2. The standard InChI is InChI=1S/C24H18Cl2N2O3/c1-31-20-9-5-4-8-19(20)27-22-21(15-10-12-17(25)13-11-15)23(29)28(24(22)30)14-16-6-2-3-7-18(16)26/h2-13,27H,14H2,1H3. The number of ether oxygens (including phenoxy) is 1. The van der Waals surface area contributed by atoms with Crippen LogP contribution in [0.15, 0.2) is 78.5 Å². The number of halogens is 2. The molecule has 0 aliphatic carbocycles. The fraction of sp³-hybridized carbons (Fsp3) is 0.0833. The van der Waals surface area contributed by atoms with Gasteiger partial charge < -0.3 is 10.1 Å². The maximum absolute atomic E-state index is 13.4. The van der Waals surface area contributed by atoms with Gasteiger partial charge in [0.25, 0.3) is 11.8 Å². The largest absolute Gasteiger partial charge is 0.495 e. The molecule has 0 saturated heterocycles. The van der Waals surface area contributed by atoms with Gasteiger partial charge in [0.15, 0.2) is 0 Å². The highest BCUT2D eigenvalue weighted by Gasteiger charge is 2.39. The molecule has 0 unspecified atom stereocenters. The van der Waals surface area contributed by atoms with E-state index in [1.165, 1.54) is 4.90 Å². The normalized spacial score (nSPS) is 13.7. The van der Waals surface area contributed by atoms with Crippen LogP contribution in [-0.4, -0.2) is 23.8 Å². The lowest BCUT2D eigenvalue weighted by molar-refractivity contribution is -0.137. The monoisotopic (exact) mass is 452 g/mol. The molecular formula is C24H18Cl2N2O3. The van der Waals surface area contributed by atoms with E-state index < -0.39 is 11.8 Å². The van der Waals surface area contributed by atoms with Crippen LogP contribution in [-0.2, 0) is 16.1 Å². The van der Waals surface area contributed by atoms with Gasteiger partial charge in [0, 0.05) is 10.0 Å². The fourth-order valence-electron chi connectivity index (χ4n) is 3.40. The molecule has 0 saturated carbocycles. The van der Waals surface area contributed by atoms with Crippen molar-refractivity contribution >= 4 is 46.3 Å². The number of carbonyl (C=O) groups excluding carboxylic acids is 2. The maximum atomic E-state index is 13.4. The van der Waals surface area contributed by atoms with E-state index in [1.54, 1.807) is 61.7 Å². The Morgan fingerprint density at radius 1 is 0.871 bits per heavy atom. The van der Waals surface area contributed by atoms with Crippen molar-refractivity contribution in [2.75, 3.05) is 12.4 Å². The summed E-state index contributed by atoms with van der Waals surface area (Å²) in [7, 11) is 1.54. The molecule has 5 nitrogen and oxygen atoms in total. The topological polar surface area (TPSA) is 58.6 Å². The van der Waals surface area contributed by atoms with Crippen LogP contribution in [0.1, 0.15) is 11.1 Å². The highest BCUT2D eigenvalue weighted by Crippen LogP contribution is 2.34. The summed E-state index contributed by atoms with van der Waals surface area (Å²) < 4.78 is 5.38. The second kappa shape index (κ2) is 8.84. The molecule has 0 fully saturated rings. The lowest BCUT2D eigenvalue weighted by Crippen LogP contribution is -2.32. The smallest absolute Gasteiger partial charge is 0.278 e. The molecule has 31 heavy (non-hydrogen) atoms. The second-order valence-corrected chi connectivity index (χ2v) is 7.71. The molecule has 7 heteroatoms. The highest BCUT2D eigenvalue weighted by atomic mass is 35.5. The van der Waals surface area contributed by atoms with Crippen molar-refractivity contribution in [1.82, 2.24) is 4.90 Å². The second-order valence-electron chi connectivity index (χ2n) is 6.87. The summed E-state index contributed by atoms with van der Waals surface area (Å²) >= 11 is 12.3. The summed E-state index contributed by atoms with van der Waals surface area (Å²) in [6, 6.07) is 21.1. The first-order valence-corrected chi connectivity index (χ1v) is 10.2. The molecular weight excluding hydrogens is 435 g/mol. The number of hydrogen-bond acceptors (Lipinski definition) is 4. The third-order valence-corrected chi connectivity index (χ3v) is 5.57. The minimum absolute atomic E-state index is 0.0610.